The molecule has 1 atom stereocenters. The third kappa shape index (κ3) is 6.16. The second-order valence-electron chi connectivity index (χ2n) is 13.5. The van der Waals surface area contributed by atoms with Gasteiger partial charge in [0.25, 0.3) is 0 Å². The number of carbonyl (C=O) groups is 1. The van der Waals surface area contributed by atoms with Crippen LogP contribution in [0, 0.1) is 0 Å². The van der Waals surface area contributed by atoms with E-state index in [1.165, 1.54) is 0 Å². The summed E-state index contributed by atoms with van der Waals surface area (Å²) < 4.78 is 12.1. The number of piperazine rings is 1. The van der Waals surface area contributed by atoms with Gasteiger partial charge < -0.3 is 29.7 Å². The molecule has 1 amide bonds. The van der Waals surface area contributed by atoms with Crippen LogP contribution in [0.5, 0.6) is 11.8 Å². The van der Waals surface area contributed by atoms with E-state index in [1.54, 1.807) is 6.07 Å². The highest BCUT2D eigenvalue weighted by Gasteiger charge is 2.45. The highest BCUT2D eigenvalue weighted by Crippen LogP contribution is 2.38. The number of aromatic nitrogens is 2. The molecule has 0 spiro atoms. The quantitative estimate of drug-likeness (QED) is 0.432. The average Bonchev–Trinajstić information content (AvgIpc) is 3.28. The number of hydrogen-bond acceptors (Lipinski definition) is 9. The van der Waals surface area contributed by atoms with Crippen LogP contribution in [0.25, 0.3) is 10.8 Å². The monoisotopic (exact) mass is 588 g/mol. The molecule has 1 aromatic heterocycles. The summed E-state index contributed by atoms with van der Waals surface area (Å²) in [4.78, 5) is 29.6. The van der Waals surface area contributed by atoms with Gasteiger partial charge in [0.05, 0.1) is 18.3 Å². The van der Waals surface area contributed by atoms with Crippen molar-refractivity contribution in [2.24, 2.45) is 0 Å². The van der Waals surface area contributed by atoms with Crippen molar-refractivity contribution in [3.63, 3.8) is 0 Å². The van der Waals surface area contributed by atoms with Crippen LogP contribution in [0.2, 0.25) is 0 Å². The Morgan fingerprint density at radius 1 is 1.09 bits per heavy atom. The molecule has 0 radical (unpaired) electrons. The van der Waals surface area contributed by atoms with Crippen LogP contribution in [0.15, 0.2) is 36.4 Å². The van der Waals surface area contributed by atoms with E-state index in [4.69, 9.17) is 19.4 Å². The number of aromatic hydroxyl groups is 1. The number of anilines is 2. The summed E-state index contributed by atoms with van der Waals surface area (Å²) in [5, 5.41) is 16.0. The van der Waals surface area contributed by atoms with Crippen LogP contribution < -0.4 is 19.9 Å². The smallest absolute Gasteiger partial charge is 0.411 e. The summed E-state index contributed by atoms with van der Waals surface area (Å²) >= 11 is 0. The minimum atomic E-state index is -0.576. The molecule has 2 fully saturated rings. The van der Waals surface area contributed by atoms with Crippen molar-refractivity contribution in [3.8, 4) is 11.8 Å². The SMILES string of the molecule is CC(C)(C)OC(=O)N1[C@@H](COc2nc3c(c(N4CCNCC4)n2)CCN(c2cc(O)cc4ccccc24)C3)CCC1(C)C. The highest BCUT2D eigenvalue weighted by molar-refractivity contribution is 5.95. The van der Waals surface area contributed by atoms with Crippen LogP contribution in [-0.4, -0.2) is 82.6 Å². The topological polar surface area (TPSA) is 103 Å². The second-order valence-corrected chi connectivity index (χ2v) is 13.5. The van der Waals surface area contributed by atoms with Gasteiger partial charge in [-0.05, 0) is 65.3 Å². The minimum absolute atomic E-state index is 0.137. The Bertz CT molecular complexity index is 1500. The first-order chi connectivity index (χ1) is 20.5. The van der Waals surface area contributed by atoms with Gasteiger partial charge >= 0.3 is 12.1 Å². The Morgan fingerprint density at radius 3 is 2.63 bits per heavy atom. The second kappa shape index (κ2) is 11.4. The predicted octanol–water partition coefficient (Wildman–Crippen LogP) is 4.86. The molecule has 0 aliphatic carbocycles. The number of hydrogen-bond donors (Lipinski definition) is 2. The van der Waals surface area contributed by atoms with Crippen LogP contribution in [0.4, 0.5) is 16.3 Å². The molecule has 230 valence electrons. The zero-order valence-electron chi connectivity index (χ0n) is 26.0. The molecule has 0 unspecified atom stereocenters. The van der Waals surface area contributed by atoms with Gasteiger partial charge in [-0.15, -0.1) is 0 Å². The van der Waals surface area contributed by atoms with E-state index in [0.717, 1.165) is 85.5 Å². The van der Waals surface area contributed by atoms with Gasteiger partial charge in [-0.25, -0.2) is 4.79 Å². The van der Waals surface area contributed by atoms with Crippen molar-refractivity contribution in [2.45, 2.75) is 77.6 Å². The van der Waals surface area contributed by atoms with Gasteiger partial charge in [-0.2, -0.15) is 9.97 Å². The zero-order chi connectivity index (χ0) is 30.4. The lowest BCUT2D eigenvalue weighted by atomic mass is 10.0. The molecule has 3 aliphatic rings. The minimum Gasteiger partial charge on any atom is -0.508 e. The van der Waals surface area contributed by atoms with Crippen LogP contribution in [-0.2, 0) is 17.7 Å². The van der Waals surface area contributed by atoms with Crippen LogP contribution in [0.3, 0.4) is 0 Å². The number of nitrogens with zero attached hydrogens (tertiary/aromatic N) is 5. The summed E-state index contributed by atoms with van der Waals surface area (Å²) in [5.41, 5.74) is 2.18. The Kier molecular flexibility index (Phi) is 7.75. The summed E-state index contributed by atoms with van der Waals surface area (Å²) in [6.45, 7) is 15.0. The van der Waals surface area contributed by atoms with Crippen molar-refractivity contribution in [1.82, 2.24) is 20.2 Å². The number of rotatable bonds is 5. The van der Waals surface area contributed by atoms with E-state index < -0.39 is 5.60 Å². The number of amides is 1. The van der Waals surface area contributed by atoms with Crippen molar-refractivity contribution < 1.29 is 19.4 Å². The third-order valence-corrected chi connectivity index (χ3v) is 8.71. The van der Waals surface area contributed by atoms with Crippen LogP contribution >= 0.6 is 0 Å². The zero-order valence-corrected chi connectivity index (χ0v) is 26.0. The van der Waals surface area contributed by atoms with Crippen molar-refractivity contribution in [2.75, 3.05) is 49.1 Å². The standard InChI is InChI=1S/C33H44N6O4/c1-32(2,3)43-31(41)39-23(10-12-33(39,4)5)21-42-30-35-27-20-38(28-19-24(40)18-22-8-6-7-9-25(22)28)15-11-26(27)29(36-30)37-16-13-34-14-17-37/h6-9,18-19,23,34,40H,10-17,20-21H2,1-5H3/t23-/m1/s1. The molecule has 3 aliphatic heterocycles. The van der Waals surface area contributed by atoms with Gasteiger partial charge in [0.1, 0.15) is 23.8 Å². The van der Waals surface area contributed by atoms with E-state index >= 15 is 0 Å². The first-order valence-corrected chi connectivity index (χ1v) is 15.5. The lowest BCUT2D eigenvalue weighted by molar-refractivity contribution is -0.00143. The molecular weight excluding hydrogens is 544 g/mol. The molecule has 2 N–H and O–H groups in total. The van der Waals surface area contributed by atoms with Gasteiger partial charge in [0.15, 0.2) is 0 Å². The van der Waals surface area contributed by atoms with Gasteiger partial charge in [0, 0.05) is 61.0 Å². The fraction of sp³-hybridized carbons (Fsp3) is 0.545. The molecule has 43 heavy (non-hydrogen) atoms. The maximum Gasteiger partial charge on any atom is 0.411 e. The summed E-state index contributed by atoms with van der Waals surface area (Å²) in [6, 6.07) is 12.0. The lowest BCUT2D eigenvalue weighted by Crippen LogP contribution is -2.50. The number of fused-ring (bicyclic) bond motifs is 2. The van der Waals surface area contributed by atoms with Crippen LogP contribution in [0.1, 0.15) is 58.7 Å². The number of likely N-dealkylation sites (tertiary alicyclic amines) is 1. The maximum absolute atomic E-state index is 13.2. The number of nitrogens with one attached hydrogen (secondary N) is 1. The summed E-state index contributed by atoms with van der Waals surface area (Å²) in [6.07, 6.45) is 2.16. The molecular formula is C33H44N6O4. The average molecular weight is 589 g/mol. The van der Waals surface area contributed by atoms with Crippen molar-refractivity contribution in [1.29, 1.82) is 0 Å². The number of ether oxygens (including phenoxy) is 2. The Balaban J connectivity index is 1.29. The number of carbonyl (C=O) groups excluding carboxylic acids is 1. The molecule has 10 heteroatoms. The number of phenolic OH excluding ortho intramolecular Hbond substituents is 1. The van der Waals surface area contributed by atoms with E-state index in [2.05, 4.69) is 35.0 Å². The molecule has 3 aromatic rings. The Hall–Kier alpha value is -3.79. The van der Waals surface area contributed by atoms with Gasteiger partial charge in [0.2, 0.25) is 0 Å². The molecule has 6 rings (SSSR count). The van der Waals surface area contributed by atoms with Gasteiger partial charge in [-0.1, -0.05) is 24.3 Å². The number of phenols is 1. The highest BCUT2D eigenvalue weighted by atomic mass is 16.6. The summed E-state index contributed by atoms with van der Waals surface area (Å²) in [5.74, 6) is 1.19. The number of benzene rings is 2. The van der Waals surface area contributed by atoms with Gasteiger partial charge in [-0.3, -0.25) is 4.90 Å². The van der Waals surface area contributed by atoms with E-state index in [1.807, 2.05) is 49.9 Å². The fourth-order valence-corrected chi connectivity index (χ4v) is 6.63. The molecule has 4 heterocycles. The fourth-order valence-electron chi connectivity index (χ4n) is 6.63. The Labute approximate surface area is 254 Å². The van der Waals surface area contributed by atoms with E-state index in [0.29, 0.717) is 19.2 Å². The molecule has 0 bridgehead atoms. The van der Waals surface area contributed by atoms with Crippen molar-refractivity contribution in [3.05, 3.63) is 47.7 Å². The molecule has 2 saturated heterocycles. The first-order valence-electron chi connectivity index (χ1n) is 15.5. The van der Waals surface area contributed by atoms with E-state index in [-0.39, 0.29) is 23.4 Å². The normalized spacial score (nSPS) is 20.3. The largest absolute Gasteiger partial charge is 0.508 e. The first kappa shape index (κ1) is 29.3. The Morgan fingerprint density at radius 2 is 1.86 bits per heavy atom. The van der Waals surface area contributed by atoms with E-state index in [9.17, 15) is 9.90 Å². The molecule has 0 saturated carbocycles. The molecule has 2 aromatic carbocycles. The third-order valence-electron chi connectivity index (χ3n) is 8.71. The summed E-state index contributed by atoms with van der Waals surface area (Å²) in [7, 11) is 0. The predicted molar refractivity (Wildman–Crippen MR) is 168 cm³/mol. The van der Waals surface area contributed by atoms with Crippen molar-refractivity contribution >= 4 is 28.4 Å². The maximum atomic E-state index is 13.2. The molecule has 10 nitrogen and oxygen atoms in total. The lowest BCUT2D eigenvalue weighted by Gasteiger charge is -2.37.